The van der Waals surface area contributed by atoms with Gasteiger partial charge in [0, 0.05) is 31.9 Å². The molecule has 1 aliphatic heterocycles. The van der Waals surface area contributed by atoms with Crippen LogP contribution in [0.2, 0.25) is 0 Å². The molecule has 5 nitrogen and oxygen atoms in total. The second-order valence-corrected chi connectivity index (χ2v) is 6.13. The van der Waals surface area contributed by atoms with E-state index in [0.29, 0.717) is 24.4 Å². The lowest BCUT2D eigenvalue weighted by Crippen LogP contribution is -2.50. The third-order valence-electron chi connectivity index (χ3n) is 4.34. The molecule has 0 unspecified atom stereocenters. The van der Waals surface area contributed by atoms with Crippen LogP contribution in [0, 0.1) is 18.3 Å². The summed E-state index contributed by atoms with van der Waals surface area (Å²) in [5.41, 5.74) is 3.03. The highest BCUT2D eigenvalue weighted by atomic mass is 16.5. The Bertz CT molecular complexity index is 772. The molecule has 0 atom stereocenters. The molecule has 0 spiro atoms. The maximum atomic E-state index is 12.3. The van der Waals surface area contributed by atoms with E-state index in [2.05, 4.69) is 42.2 Å². The second-order valence-electron chi connectivity index (χ2n) is 6.13. The van der Waals surface area contributed by atoms with E-state index in [1.165, 1.54) is 11.3 Å². The molecular weight excluding hydrogens is 314 g/mol. The minimum atomic E-state index is -0.00625. The predicted molar refractivity (Wildman–Crippen MR) is 96.6 cm³/mol. The van der Waals surface area contributed by atoms with Gasteiger partial charge < -0.3 is 14.5 Å². The van der Waals surface area contributed by atoms with Gasteiger partial charge in [-0.2, -0.15) is 5.26 Å². The molecule has 1 fully saturated rings. The zero-order valence-corrected chi connectivity index (χ0v) is 14.3. The Kier molecular flexibility index (Phi) is 5.20. The third-order valence-corrected chi connectivity index (χ3v) is 4.34. The summed E-state index contributed by atoms with van der Waals surface area (Å²) >= 11 is 0. The van der Waals surface area contributed by atoms with Crippen LogP contribution in [0.4, 0.5) is 5.69 Å². The molecule has 1 aliphatic rings. The number of aryl methyl sites for hydroxylation is 1. The molecule has 0 aliphatic carbocycles. The molecule has 0 radical (unpaired) electrons. The zero-order chi connectivity index (χ0) is 17.6. The smallest absolute Gasteiger partial charge is 0.260 e. The molecule has 0 bridgehead atoms. The van der Waals surface area contributed by atoms with Crippen LogP contribution < -0.4 is 9.64 Å². The molecule has 1 saturated heterocycles. The highest BCUT2D eigenvalue weighted by Gasteiger charge is 2.21. The summed E-state index contributed by atoms with van der Waals surface area (Å²) in [5, 5.41) is 8.78. The van der Waals surface area contributed by atoms with Crippen molar-refractivity contribution in [2.75, 3.05) is 37.7 Å². The van der Waals surface area contributed by atoms with Gasteiger partial charge in [0.25, 0.3) is 5.91 Å². The summed E-state index contributed by atoms with van der Waals surface area (Å²) in [6.45, 7) is 5.16. The second kappa shape index (κ2) is 7.71. The number of rotatable bonds is 4. The Balaban J connectivity index is 1.49. The van der Waals surface area contributed by atoms with Crippen molar-refractivity contribution in [1.29, 1.82) is 5.26 Å². The van der Waals surface area contributed by atoms with Crippen molar-refractivity contribution >= 4 is 11.6 Å². The molecule has 0 aromatic heterocycles. The van der Waals surface area contributed by atoms with E-state index in [4.69, 9.17) is 10.00 Å². The fourth-order valence-corrected chi connectivity index (χ4v) is 2.90. The standard InChI is InChI=1S/C20H21N3O2/c1-16-3-2-4-18(13-16)22-9-11-23(12-10-22)20(24)15-25-19-7-5-17(14-21)6-8-19/h2-8,13H,9-12,15H2,1H3. The summed E-state index contributed by atoms with van der Waals surface area (Å²) < 4.78 is 5.53. The Morgan fingerprint density at radius 1 is 1.12 bits per heavy atom. The molecule has 2 aromatic carbocycles. The summed E-state index contributed by atoms with van der Waals surface area (Å²) in [7, 11) is 0. The zero-order valence-electron chi connectivity index (χ0n) is 14.3. The lowest BCUT2D eigenvalue weighted by atomic mass is 10.2. The van der Waals surface area contributed by atoms with Gasteiger partial charge in [-0.15, -0.1) is 0 Å². The van der Waals surface area contributed by atoms with Crippen molar-refractivity contribution in [3.8, 4) is 11.8 Å². The van der Waals surface area contributed by atoms with Crippen LogP contribution in [-0.2, 0) is 4.79 Å². The fraction of sp³-hybridized carbons (Fsp3) is 0.300. The van der Waals surface area contributed by atoms with Crippen LogP contribution >= 0.6 is 0 Å². The minimum Gasteiger partial charge on any atom is -0.484 e. The molecule has 1 heterocycles. The largest absolute Gasteiger partial charge is 0.484 e. The molecule has 1 amide bonds. The number of hydrogen-bond donors (Lipinski definition) is 0. The lowest BCUT2D eigenvalue weighted by molar-refractivity contribution is -0.133. The quantitative estimate of drug-likeness (QED) is 0.862. The molecule has 5 heteroatoms. The van der Waals surface area contributed by atoms with E-state index >= 15 is 0 Å². The number of benzene rings is 2. The van der Waals surface area contributed by atoms with Gasteiger partial charge in [0.05, 0.1) is 11.6 Å². The van der Waals surface area contributed by atoms with Gasteiger partial charge in [0.15, 0.2) is 6.61 Å². The van der Waals surface area contributed by atoms with E-state index in [0.717, 1.165) is 13.1 Å². The number of nitriles is 1. The predicted octanol–water partition coefficient (Wildman–Crippen LogP) is 2.59. The van der Waals surface area contributed by atoms with Gasteiger partial charge >= 0.3 is 0 Å². The van der Waals surface area contributed by atoms with Crippen LogP contribution in [0.15, 0.2) is 48.5 Å². The van der Waals surface area contributed by atoms with Gasteiger partial charge in [-0.05, 0) is 48.9 Å². The van der Waals surface area contributed by atoms with Crippen LogP contribution in [0.1, 0.15) is 11.1 Å². The number of piperazine rings is 1. The van der Waals surface area contributed by atoms with E-state index in [9.17, 15) is 4.79 Å². The summed E-state index contributed by atoms with van der Waals surface area (Å²) in [6.07, 6.45) is 0. The average Bonchev–Trinajstić information content (AvgIpc) is 2.66. The first-order valence-electron chi connectivity index (χ1n) is 8.38. The van der Waals surface area contributed by atoms with Gasteiger partial charge in [-0.1, -0.05) is 12.1 Å². The lowest BCUT2D eigenvalue weighted by Gasteiger charge is -2.36. The Morgan fingerprint density at radius 3 is 2.48 bits per heavy atom. The number of hydrogen-bond acceptors (Lipinski definition) is 4. The van der Waals surface area contributed by atoms with Crippen molar-refractivity contribution in [3.63, 3.8) is 0 Å². The minimum absolute atomic E-state index is 0.00625. The van der Waals surface area contributed by atoms with Gasteiger partial charge in [-0.3, -0.25) is 4.79 Å². The Hall–Kier alpha value is -3.00. The molecule has 0 N–H and O–H groups in total. The van der Waals surface area contributed by atoms with Crippen molar-refractivity contribution < 1.29 is 9.53 Å². The average molecular weight is 335 g/mol. The monoisotopic (exact) mass is 335 g/mol. The van der Waals surface area contributed by atoms with Crippen LogP contribution in [0.5, 0.6) is 5.75 Å². The van der Waals surface area contributed by atoms with E-state index in [1.54, 1.807) is 24.3 Å². The first kappa shape index (κ1) is 16.8. The fourth-order valence-electron chi connectivity index (χ4n) is 2.90. The SMILES string of the molecule is Cc1cccc(N2CCN(C(=O)COc3ccc(C#N)cc3)CC2)c1. The molecular formula is C20H21N3O2. The van der Waals surface area contributed by atoms with Crippen LogP contribution in [0.3, 0.4) is 0 Å². The van der Waals surface area contributed by atoms with Crippen molar-refractivity contribution in [2.45, 2.75) is 6.92 Å². The molecule has 2 aromatic rings. The summed E-state index contributed by atoms with van der Waals surface area (Å²) in [4.78, 5) is 16.5. The van der Waals surface area contributed by atoms with Crippen LogP contribution in [0.25, 0.3) is 0 Å². The number of ether oxygens (including phenoxy) is 1. The molecule has 25 heavy (non-hydrogen) atoms. The van der Waals surface area contributed by atoms with Crippen molar-refractivity contribution in [3.05, 3.63) is 59.7 Å². The van der Waals surface area contributed by atoms with Gasteiger partial charge in [0.2, 0.25) is 0 Å². The molecule has 128 valence electrons. The summed E-state index contributed by atoms with van der Waals surface area (Å²) in [5.74, 6) is 0.596. The maximum absolute atomic E-state index is 12.3. The van der Waals surface area contributed by atoms with Gasteiger partial charge in [0.1, 0.15) is 5.75 Å². The van der Waals surface area contributed by atoms with Gasteiger partial charge in [-0.25, -0.2) is 0 Å². The number of carbonyl (C=O) groups is 1. The van der Waals surface area contributed by atoms with E-state index in [1.807, 2.05) is 4.90 Å². The Morgan fingerprint density at radius 2 is 1.84 bits per heavy atom. The Labute approximate surface area is 148 Å². The van der Waals surface area contributed by atoms with Crippen molar-refractivity contribution in [2.24, 2.45) is 0 Å². The van der Waals surface area contributed by atoms with Crippen LogP contribution in [-0.4, -0.2) is 43.6 Å². The number of carbonyl (C=O) groups excluding carboxylic acids is 1. The molecule has 3 rings (SSSR count). The topological polar surface area (TPSA) is 56.6 Å². The number of anilines is 1. The highest BCUT2D eigenvalue weighted by molar-refractivity contribution is 5.78. The highest BCUT2D eigenvalue weighted by Crippen LogP contribution is 2.18. The molecule has 0 saturated carbocycles. The number of nitrogens with zero attached hydrogens (tertiary/aromatic N) is 3. The third kappa shape index (κ3) is 4.30. The first-order chi connectivity index (χ1) is 12.2. The summed E-state index contributed by atoms with van der Waals surface area (Å²) in [6, 6.07) is 17.3. The van der Waals surface area contributed by atoms with E-state index in [-0.39, 0.29) is 12.5 Å². The van der Waals surface area contributed by atoms with E-state index < -0.39 is 0 Å². The van der Waals surface area contributed by atoms with Crippen molar-refractivity contribution in [1.82, 2.24) is 4.90 Å². The maximum Gasteiger partial charge on any atom is 0.260 e. The first-order valence-corrected chi connectivity index (χ1v) is 8.38. The normalized spacial score (nSPS) is 14.1. The number of amides is 1.